The van der Waals surface area contributed by atoms with Crippen molar-refractivity contribution in [1.29, 1.82) is 0 Å². The van der Waals surface area contributed by atoms with Crippen LogP contribution in [0.5, 0.6) is 0 Å². The first kappa shape index (κ1) is 76.1. The smallest absolute Gasteiger partial charge is 0.408 e. The van der Waals surface area contributed by atoms with Crippen LogP contribution in [0.3, 0.4) is 0 Å². The van der Waals surface area contributed by atoms with Crippen LogP contribution in [0.1, 0.15) is 159 Å². The molecule has 27 heteroatoms. The Labute approximate surface area is 561 Å². The summed E-state index contributed by atoms with van der Waals surface area (Å²) < 4.78 is 101. The summed E-state index contributed by atoms with van der Waals surface area (Å²) in [5, 5.41) is 17.2. The predicted molar refractivity (Wildman–Crippen MR) is 365 cm³/mol. The quantitative estimate of drug-likeness (QED) is 0.0411. The van der Waals surface area contributed by atoms with Crippen LogP contribution in [-0.4, -0.2) is 114 Å². The number of amides is 6. The number of allylic oxidation sites excluding steroid dienone is 3. The molecule has 0 unspecified atom stereocenters. The lowest BCUT2D eigenvalue weighted by Gasteiger charge is -2.24. The summed E-state index contributed by atoms with van der Waals surface area (Å²) in [7, 11) is -12.5. The second-order valence-corrected chi connectivity index (χ2v) is 32.2. The van der Waals surface area contributed by atoms with Gasteiger partial charge in [0.05, 0.1) is 17.1 Å². The molecule has 3 aliphatic carbocycles. The van der Waals surface area contributed by atoms with Crippen molar-refractivity contribution < 1.29 is 68.2 Å². The minimum atomic E-state index is -4.19. The zero-order valence-corrected chi connectivity index (χ0v) is 58.6. The van der Waals surface area contributed by atoms with Crippen LogP contribution in [0.4, 0.5) is 31.4 Å². The van der Waals surface area contributed by atoms with E-state index in [0.717, 1.165) is 77.0 Å². The number of unbranched alkanes of at least 4 members (excludes halogenated alkanes) is 3. The number of sulfonamides is 3. The molecule has 2 heterocycles. The number of fused-ring (bicyclic) bond motifs is 4. The van der Waals surface area contributed by atoms with Crippen LogP contribution in [0.2, 0.25) is 0 Å². The third kappa shape index (κ3) is 22.3. The molecule has 0 spiro atoms. The van der Waals surface area contributed by atoms with Crippen LogP contribution < -0.4 is 46.1 Å². The van der Waals surface area contributed by atoms with E-state index in [1.165, 1.54) is 24.3 Å². The fraction of sp³-hybridized carbons (Fsp3) is 0.529. The highest BCUT2D eigenvalue weighted by atomic mass is 32.2. The van der Waals surface area contributed by atoms with E-state index in [4.69, 9.17) is 14.2 Å². The zero-order valence-electron chi connectivity index (χ0n) is 56.1. The molecular formula is C68H97N9O15S3. The van der Waals surface area contributed by atoms with E-state index in [0.29, 0.717) is 49.5 Å². The Balaban J connectivity index is 0.000000226. The Hall–Kier alpha value is -7.91. The van der Waals surface area contributed by atoms with Gasteiger partial charge in [0.2, 0.25) is 0 Å². The van der Waals surface area contributed by atoms with E-state index in [-0.39, 0.29) is 32.9 Å². The molecule has 522 valence electrons. The standard InChI is InChI=1S/C24H35N3O5S.2C22H31N3O5S/c1-6-8-9-10-13-16-25-19-14-11-12-15-20(19)33(30,31)27-21(28)24(17-18(24)7-2)26-22(29)32-23(3,4)5;2*1-21(2,3)30-20(27)24-22-15-16(22)11-7-5-4-6-10-14-23-17-12-8-9-13-18(17)31(28,29)25-19(22)26/h6-7,11-12,14-15,18,25H,1-2,8-10,13,16-17H2,3-5H3,(H,26,29)(H,27,28);2*7-9,11-13,16,23H,4-6,10,14-15H2,1-3H3,(H,24,27)(H,25,26)/b;11-7+;11-7-/t18-,24-;2*16-,22-/m111/s1. The van der Waals surface area contributed by atoms with Gasteiger partial charge in [0.15, 0.2) is 0 Å². The third-order valence-corrected chi connectivity index (χ3v) is 20.0. The molecule has 0 bridgehead atoms. The fourth-order valence-electron chi connectivity index (χ4n) is 10.7. The monoisotopic (exact) mass is 1380 g/mol. The van der Waals surface area contributed by atoms with Crippen molar-refractivity contribution in [3.8, 4) is 0 Å². The molecule has 3 fully saturated rings. The number of rotatable bonds is 14. The average molecular weight is 1380 g/mol. The zero-order chi connectivity index (χ0) is 70.1. The topological polar surface area (TPSA) is 341 Å². The summed E-state index contributed by atoms with van der Waals surface area (Å²) in [4.78, 5) is 76.3. The molecule has 0 saturated heterocycles. The first-order chi connectivity index (χ1) is 44.5. The third-order valence-electron chi connectivity index (χ3n) is 15.8. The summed E-state index contributed by atoms with van der Waals surface area (Å²) in [6, 6.07) is 19.3. The molecule has 0 radical (unpaired) electrons. The van der Waals surface area contributed by atoms with Crippen molar-refractivity contribution in [3.63, 3.8) is 0 Å². The molecule has 9 N–H and O–H groups in total. The number of alkyl carbamates (subject to hydrolysis) is 3. The highest BCUT2D eigenvalue weighted by molar-refractivity contribution is 7.90. The van der Waals surface area contributed by atoms with Gasteiger partial charge in [-0.25, -0.2) is 53.8 Å². The fourth-order valence-corrected chi connectivity index (χ4v) is 14.4. The second kappa shape index (κ2) is 32.2. The minimum Gasteiger partial charge on any atom is -0.444 e. The Bertz CT molecular complexity index is 3510. The molecule has 6 atom stereocenters. The van der Waals surface area contributed by atoms with Crippen LogP contribution in [-0.2, 0) is 58.7 Å². The summed E-state index contributed by atoms with van der Waals surface area (Å²) in [6.07, 6.45) is 21.0. The number of carbonyl (C=O) groups excluding carboxylic acids is 6. The van der Waals surface area contributed by atoms with Crippen LogP contribution in [0.25, 0.3) is 0 Å². The molecule has 0 aromatic heterocycles. The van der Waals surface area contributed by atoms with Gasteiger partial charge in [-0.05, 0) is 176 Å². The van der Waals surface area contributed by atoms with Gasteiger partial charge >= 0.3 is 18.3 Å². The van der Waals surface area contributed by atoms with Gasteiger partial charge in [0.1, 0.15) is 48.1 Å². The molecule has 8 rings (SSSR count). The summed E-state index contributed by atoms with van der Waals surface area (Å²) in [6.45, 7) is 24.7. The van der Waals surface area contributed by atoms with Gasteiger partial charge < -0.3 is 46.1 Å². The number of ether oxygens (including phenoxy) is 3. The first-order valence-corrected chi connectivity index (χ1v) is 36.8. The van der Waals surface area contributed by atoms with Gasteiger partial charge in [-0.15, -0.1) is 13.2 Å². The highest BCUT2D eigenvalue weighted by Gasteiger charge is 2.63. The van der Waals surface area contributed by atoms with E-state index in [2.05, 4.69) is 59.2 Å². The maximum absolute atomic E-state index is 13.1. The van der Waals surface area contributed by atoms with Crippen molar-refractivity contribution in [2.75, 3.05) is 35.6 Å². The number of carbonyl (C=O) groups is 6. The van der Waals surface area contributed by atoms with Crippen molar-refractivity contribution >= 4 is 83.1 Å². The molecule has 24 nitrogen and oxygen atoms in total. The molecule has 95 heavy (non-hydrogen) atoms. The number of hydrogen-bond acceptors (Lipinski definition) is 18. The second-order valence-electron chi connectivity index (χ2n) is 27.2. The summed E-state index contributed by atoms with van der Waals surface area (Å²) in [5.74, 6) is -3.35. The van der Waals surface area contributed by atoms with E-state index in [1.807, 2.05) is 30.4 Å². The maximum Gasteiger partial charge on any atom is 0.408 e. The molecule has 6 amide bonds. The van der Waals surface area contributed by atoms with Crippen molar-refractivity contribution in [2.45, 2.75) is 207 Å². The lowest BCUT2D eigenvalue weighted by molar-refractivity contribution is -0.123. The van der Waals surface area contributed by atoms with Gasteiger partial charge in [-0.1, -0.05) is 92.1 Å². The lowest BCUT2D eigenvalue weighted by atomic mass is 10.1. The molecule has 3 saturated carbocycles. The van der Waals surface area contributed by atoms with Crippen LogP contribution >= 0.6 is 0 Å². The summed E-state index contributed by atoms with van der Waals surface area (Å²) in [5.41, 5.74) is -5.07. The Morgan fingerprint density at radius 2 is 1.03 bits per heavy atom. The van der Waals surface area contributed by atoms with Crippen molar-refractivity contribution in [3.05, 3.63) is 122 Å². The van der Waals surface area contributed by atoms with E-state index < -0.39 is 105 Å². The number of para-hydroxylation sites is 3. The molecule has 5 aliphatic rings. The SMILES string of the molecule is C=CCCCCCNc1ccccc1S(=O)(=O)NC(=O)[C@@]1(NC(=O)OC(C)(C)C)C[C@H]1C=C.CC(C)(C)OC(=O)N[C@]12C[C@H]1/C=C/CCCCCNc1ccccc1S(=O)(=O)NC2=O.CC(C)(C)OC(=O)N[C@]12C[C@H]1/C=C\CCCCCNc1ccccc1S(=O)(=O)NC2=O. The molecule has 3 aromatic rings. The van der Waals surface area contributed by atoms with Crippen molar-refractivity contribution in [2.24, 2.45) is 17.8 Å². The Morgan fingerprint density at radius 1 is 0.589 bits per heavy atom. The van der Waals surface area contributed by atoms with Gasteiger partial charge in [0, 0.05) is 37.4 Å². The first-order valence-electron chi connectivity index (χ1n) is 32.3. The van der Waals surface area contributed by atoms with Crippen molar-refractivity contribution in [1.82, 2.24) is 30.1 Å². The van der Waals surface area contributed by atoms with Gasteiger partial charge in [-0.2, -0.15) is 0 Å². The number of nitrogens with one attached hydrogen (secondary N) is 9. The van der Waals surface area contributed by atoms with Gasteiger partial charge in [0.25, 0.3) is 47.8 Å². The van der Waals surface area contributed by atoms with Crippen LogP contribution in [0.15, 0.2) is 137 Å². The average Bonchev–Trinajstić information content (AvgIpc) is 1.60. The number of anilines is 3. The van der Waals surface area contributed by atoms with E-state index in [1.54, 1.807) is 117 Å². The minimum absolute atomic E-state index is 0.00150. The maximum atomic E-state index is 13.1. The Kier molecular flexibility index (Phi) is 25.8. The number of benzene rings is 3. The Morgan fingerprint density at radius 3 is 1.47 bits per heavy atom. The molecule has 2 aliphatic heterocycles. The van der Waals surface area contributed by atoms with Gasteiger partial charge in [-0.3, -0.25) is 14.4 Å². The largest absolute Gasteiger partial charge is 0.444 e. The predicted octanol–water partition coefficient (Wildman–Crippen LogP) is 10.8. The normalized spacial score (nSPS) is 24.5. The molecular weight excluding hydrogens is 1280 g/mol. The lowest BCUT2D eigenvalue weighted by Crippen LogP contribution is -2.52. The summed E-state index contributed by atoms with van der Waals surface area (Å²) >= 11 is 0. The highest BCUT2D eigenvalue weighted by Crippen LogP contribution is 2.48. The van der Waals surface area contributed by atoms with E-state index >= 15 is 0 Å². The van der Waals surface area contributed by atoms with E-state index in [9.17, 15) is 54.0 Å². The number of hydrogen-bond donors (Lipinski definition) is 9. The molecule has 3 aromatic carbocycles. The van der Waals surface area contributed by atoms with Crippen LogP contribution in [0, 0.1) is 17.8 Å².